The second-order valence-corrected chi connectivity index (χ2v) is 12.3. The van der Waals surface area contributed by atoms with Crippen LogP contribution in [-0.4, -0.2) is 8.32 Å². The first-order valence-electron chi connectivity index (χ1n) is 8.61. The molecule has 0 fully saturated rings. The van der Waals surface area contributed by atoms with Crippen molar-refractivity contribution in [3.63, 3.8) is 0 Å². The van der Waals surface area contributed by atoms with E-state index in [1.54, 1.807) is 0 Å². The molecule has 0 aliphatic carbocycles. The van der Waals surface area contributed by atoms with Gasteiger partial charge in [-0.25, -0.2) is 0 Å². The van der Waals surface area contributed by atoms with Crippen LogP contribution in [0.4, 0.5) is 0 Å². The highest BCUT2D eigenvalue weighted by molar-refractivity contribution is 6.74. The lowest BCUT2D eigenvalue weighted by Gasteiger charge is -2.38. The average molecular weight is 329 g/mol. The van der Waals surface area contributed by atoms with Crippen molar-refractivity contribution < 1.29 is 4.43 Å². The van der Waals surface area contributed by atoms with E-state index in [1.807, 2.05) is 12.1 Å². The Morgan fingerprint density at radius 3 is 2.48 bits per heavy atom. The van der Waals surface area contributed by atoms with E-state index in [0.717, 1.165) is 24.0 Å². The van der Waals surface area contributed by atoms with E-state index in [-0.39, 0.29) is 11.1 Å². The summed E-state index contributed by atoms with van der Waals surface area (Å²) in [6.07, 6.45) is 5.10. The van der Waals surface area contributed by atoms with Gasteiger partial charge in [0.25, 0.3) is 0 Å². The highest BCUT2D eigenvalue weighted by Gasteiger charge is 2.39. The van der Waals surface area contributed by atoms with E-state index < -0.39 is 8.32 Å². The summed E-state index contributed by atoms with van der Waals surface area (Å²) in [5.74, 6) is 6.61. The third kappa shape index (κ3) is 5.68. The number of benzene rings is 1. The summed E-state index contributed by atoms with van der Waals surface area (Å²) >= 11 is 0. The van der Waals surface area contributed by atoms with Gasteiger partial charge in [0.2, 0.25) is 0 Å². The SMILES string of the molecule is C=CC(O[Si](C)(C)C(C)(C)C)c1ccccc1C#CCCCC. The molecule has 0 aliphatic rings. The van der Waals surface area contributed by atoms with Crippen LogP contribution in [-0.2, 0) is 4.43 Å². The molecule has 1 unspecified atom stereocenters. The molecule has 0 aliphatic heterocycles. The zero-order valence-corrected chi connectivity index (χ0v) is 16.7. The Kier molecular flexibility index (Phi) is 7.31. The molecule has 0 saturated carbocycles. The van der Waals surface area contributed by atoms with Crippen LogP contribution in [0.5, 0.6) is 0 Å². The summed E-state index contributed by atoms with van der Waals surface area (Å²) in [5, 5.41) is 0.177. The Hall–Kier alpha value is -1.30. The standard InChI is InChI=1S/C21H32OSi/c1-8-10-11-12-15-18-16-13-14-17-19(18)20(9-2)22-23(6,7)21(3,4)5/h9,13-14,16-17,20H,2,8,10-11H2,1,3-7H3. The van der Waals surface area contributed by atoms with Gasteiger partial charge in [0.15, 0.2) is 8.32 Å². The molecule has 0 bridgehead atoms. The lowest BCUT2D eigenvalue weighted by molar-refractivity contribution is 0.229. The molecule has 0 N–H and O–H groups in total. The molecule has 0 heterocycles. The average Bonchev–Trinajstić information content (AvgIpc) is 2.48. The van der Waals surface area contributed by atoms with Gasteiger partial charge < -0.3 is 4.43 Å². The Bertz CT molecular complexity index is 569. The minimum absolute atomic E-state index is 0.0902. The van der Waals surface area contributed by atoms with Crippen LogP contribution in [0.3, 0.4) is 0 Å². The minimum atomic E-state index is -1.86. The number of rotatable bonds is 6. The minimum Gasteiger partial charge on any atom is -0.406 e. The maximum atomic E-state index is 6.56. The summed E-state index contributed by atoms with van der Waals surface area (Å²) in [5.41, 5.74) is 2.20. The van der Waals surface area contributed by atoms with Crippen LogP contribution in [0.15, 0.2) is 36.9 Å². The van der Waals surface area contributed by atoms with Crippen LogP contribution < -0.4 is 0 Å². The van der Waals surface area contributed by atoms with Crippen molar-refractivity contribution >= 4 is 8.32 Å². The Morgan fingerprint density at radius 1 is 1.26 bits per heavy atom. The van der Waals surface area contributed by atoms with Gasteiger partial charge >= 0.3 is 0 Å². The largest absolute Gasteiger partial charge is 0.406 e. The monoisotopic (exact) mass is 328 g/mol. The highest BCUT2D eigenvalue weighted by Crippen LogP contribution is 2.40. The summed E-state index contributed by atoms with van der Waals surface area (Å²) in [6.45, 7) is 17.5. The van der Waals surface area contributed by atoms with Gasteiger partial charge in [-0.2, -0.15) is 0 Å². The molecule has 126 valence electrons. The van der Waals surface area contributed by atoms with Gasteiger partial charge in [0.1, 0.15) is 0 Å². The molecule has 0 spiro atoms. The fourth-order valence-electron chi connectivity index (χ4n) is 2.01. The van der Waals surface area contributed by atoms with Crippen molar-refractivity contribution in [1.82, 2.24) is 0 Å². The second kappa shape index (κ2) is 8.52. The quantitative estimate of drug-likeness (QED) is 0.251. The van der Waals surface area contributed by atoms with E-state index in [4.69, 9.17) is 4.43 Å². The number of hydrogen-bond acceptors (Lipinski definition) is 1. The van der Waals surface area contributed by atoms with Gasteiger partial charge in [-0.15, -0.1) is 6.58 Å². The molecule has 1 aromatic rings. The number of unbranched alkanes of at least 4 members (excludes halogenated alkanes) is 2. The third-order valence-electron chi connectivity index (χ3n) is 4.59. The van der Waals surface area contributed by atoms with Crippen molar-refractivity contribution in [2.24, 2.45) is 0 Å². The summed E-state index contributed by atoms with van der Waals surface area (Å²) in [4.78, 5) is 0. The lowest BCUT2D eigenvalue weighted by atomic mass is 10.0. The number of hydrogen-bond donors (Lipinski definition) is 0. The molecule has 0 radical (unpaired) electrons. The van der Waals surface area contributed by atoms with E-state index in [1.165, 1.54) is 6.42 Å². The van der Waals surface area contributed by atoms with Crippen LogP contribution in [0.1, 0.15) is 64.2 Å². The zero-order chi connectivity index (χ0) is 17.5. The van der Waals surface area contributed by atoms with Gasteiger partial charge in [0, 0.05) is 12.0 Å². The molecule has 1 nitrogen and oxygen atoms in total. The summed E-state index contributed by atoms with van der Waals surface area (Å²) in [6, 6.07) is 8.29. The lowest BCUT2D eigenvalue weighted by Crippen LogP contribution is -2.41. The Morgan fingerprint density at radius 2 is 1.91 bits per heavy atom. The molecule has 1 aromatic carbocycles. The van der Waals surface area contributed by atoms with Crippen LogP contribution >= 0.6 is 0 Å². The zero-order valence-electron chi connectivity index (χ0n) is 15.7. The molecule has 0 amide bonds. The summed E-state index contributed by atoms with van der Waals surface area (Å²) in [7, 11) is -1.86. The van der Waals surface area contributed by atoms with Gasteiger partial charge in [-0.3, -0.25) is 0 Å². The van der Waals surface area contributed by atoms with E-state index >= 15 is 0 Å². The molecule has 23 heavy (non-hydrogen) atoms. The summed E-state index contributed by atoms with van der Waals surface area (Å²) < 4.78 is 6.56. The van der Waals surface area contributed by atoms with E-state index in [2.05, 4.69) is 77.4 Å². The molecule has 1 atom stereocenters. The van der Waals surface area contributed by atoms with Gasteiger partial charge in [-0.05, 0) is 36.2 Å². The fourth-order valence-corrected chi connectivity index (χ4v) is 3.23. The van der Waals surface area contributed by atoms with Crippen molar-refractivity contribution in [3.05, 3.63) is 48.0 Å². The Labute approximate surface area is 144 Å². The smallest absolute Gasteiger partial charge is 0.193 e. The first-order chi connectivity index (χ1) is 10.7. The maximum Gasteiger partial charge on any atom is 0.193 e. The van der Waals surface area contributed by atoms with Crippen molar-refractivity contribution in [2.75, 3.05) is 0 Å². The van der Waals surface area contributed by atoms with Crippen molar-refractivity contribution in [3.8, 4) is 11.8 Å². The Balaban J connectivity index is 3.07. The third-order valence-corrected chi connectivity index (χ3v) is 9.04. The molecule has 1 rings (SSSR count). The van der Waals surface area contributed by atoms with Crippen molar-refractivity contribution in [2.45, 2.75) is 71.2 Å². The maximum absolute atomic E-state index is 6.56. The highest BCUT2D eigenvalue weighted by atomic mass is 28.4. The van der Waals surface area contributed by atoms with Gasteiger partial charge in [0.05, 0.1) is 6.10 Å². The second-order valence-electron chi connectivity index (χ2n) is 7.53. The topological polar surface area (TPSA) is 9.23 Å². The van der Waals surface area contributed by atoms with E-state index in [9.17, 15) is 0 Å². The molecular weight excluding hydrogens is 296 g/mol. The molecule has 0 aromatic heterocycles. The van der Waals surface area contributed by atoms with Crippen molar-refractivity contribution in [1.29, 1.82) is 0 Å². The molecular formula is C21H32OSi. The van der Waals surface area contributed by atoms with Crippen LogP contribution in [0.25, 0.3) is 0 Å². The first kappa shape index (κ1) is 19.7. The molecule has 0 saturated heterocycles. The predicted octanol–water partition coefficient (Wildman–Crippen LogP) is 6.48. The van der Waals surface area contributed by atoms with Crippen LogP contribution in [0.2, 0.25) is 18.1 Å². The van der Waals surface area contributed by atoms with Crippen LogP contribution in [0, 0.1) is 11.8 Å². The molecule has 2 heteroatoms. The normalized spacial score (nSPS) is 13.1. The van der Waals surface area contributed by atoms with Gasteiger partial charge in [-0.1, -0.05) is 70.2 Å². The fraction of sp³-hybridized carbons (Fsp3) is 0.524. The predicted molar refractivity (Wildman–Crippen MR) is 104 cm³/mol. The van der Waals surface area contributed by atoms with E-state index in [0.29, 0.717) is 0 Å². The first-order valence-corrected chi connectivity index (χ1v) is 11.5.